The molecule has 10 rings (SSSR count). The van der Waals surface area contributed by atoms with Gasteiger partial charge in [0.05, 0.1) is 17.1 Å². The van der Waals surface area contributed by atoms with Crippen molar-refractivity contribution < 1.29 is 4.74 Å². The summed E-state index contributed by atoms with van der Waals surface area (Å²) < 4.78 is 7.10. The van der Waals surface area contributed by atoms with Crippen molar-refractivity contribution in [3.63, 3.8) is 0 Å². The SMILES string of the molecule is Cc1cc2c3c(c1)N(c1ccc(C(C)(C)C)cc1)c1c(ccc4c1Sc1ccccc1C4(C)C)B3N1c3ccc(C(C)(C)C)cc3Oc3cc(C(C)(C)C)cc-2c31. The van der Waals surface area contributed by atoms with Crippen LogP contribution in [-0.2, 0) is 21.7 Å². The fourth-order valence-electron chi connectivity index (χ4n) is 9.70. The minimum absolute atomic E-state index is 0.0177. The quantitative estimate of drug-likeness (QED) is 0.155. The van der Waals surface area contributed by atoms with Crippen LogP contribution in [0.25, 0.3) is 11.1 Å². The highest BCUT2D eigenvalue weighted by atomic mass is 32.2. The topological polar surface area (TPSA) is 15.7 Å². The van der Waals surface area contributed by atoms with Gasteiger partial charge in [-0.05, 0) is 122 Å². The second kappa shape index (κ2) is 11.9. The third-order valence-electron chi connectivity index (χ3n) is 13.0. The van der Waals surface area contributed by atoms with Gasteiger partial charge >= 0.3 is 6.85 Å². The van der Waals surface area contributed by atoms with E-state index in [4.69, 9.17) is 4.74 Å². The molecule has 0 amide bonds. The first-order valence-corrected chi connectivity index (χ1v) is 21.4. The molecule has 4 aliphatic heterocycles. The number of rotatable bonds is 1. The fraction of sp³-hybridized carbons (Fsp3) is 0.308. The van der Waals surface area contributed by atoms with Crippen molar-refractivity contribution in [1.29, 1.82) is 0 Å². The third-order valence-corrected chi connectivity index (χ3v) is 14.2. The van der Waals surface area contributed by atoms with E-state index in [1.165, 1.54) is 82.3 Å². The molecule has 57 heavy (non-hydrogen) atoms. The smallest absolute Gasteiger partial charge is 0.333 e. The average Bonchev–Trinajstić information content (AvgIpc) is 3.14. The number of ether oxygens (including phenoxy) is 1. The average molecular weight is 765 g/mol. The Kier molecular flexibility index (Phi) is 7.58. The molecule has 4 aliphatic rings. The second-order valence-electron chi connectivity index (χ2n) is 20.4. The summed E-state index contributed by atoms with van der Waals surface area (Å²) in [6.07, 6.45) is 0. The molecular weight excluding hydrogens is 711 g/mol. The number of fused-ring (bicyclic) bond motifs is 9. The van der Waals surface area contributed by atoms with Crippen LogP contribution in [0.4, 0.5) is 28.4 Å². The predicted octanol–water partition coefficient (Wildman–Crippen LogP) is 13.5. The maximum Gasteiger partial charge on any atom is 0.333 e. The van der Waals surface area contributed by atoms with Gasteiger partial charge in [-0.3, -0.25) is 0 Å². The van der Waals surface area contributed by atoms with Gasteiger partial charge in [0.25, 0.3) is 0 Å². The minimum Gasteiger partial charge on any atom is -0.453 e. The van der Waals surface area contributed by atoms with Gasteiger partial charge in [-0.2, -0.15) is 0 Å². The van der Waals surface area contributed by atoms with Crippen molar-refractivity contribution in [3.05, 3.63) is 137 Å². The Morgan fingerprint density at radius 2 is 1.26 bits per heavy atom. The number of hydrogen-bond donors (Lipinski definition) is 0. The highest BCUT2D eigenvalue weighted by Gasteiger charge is 2.50. The van der Waals surface area contributed by atoms with E-state index in [0.717, 1.165) is 22.9 Å². The van der Waals surface area contributed by atoms with Crippen LogP contribution in [0.5, 0.6) is 11.5 Å². The van der Waals surface area contributed by atoms with Gasteiger partial charge in [0.1, 0.15) is 5.75 Å². The summed E-state index contributed by atoms with van der Waals surface area (Å²) >= 11 is 1.94. The van der Waals surface area contributed by atoms with Gasteiger partial charge in [0, 0.05) is 32.1 Å². The molecule has 0 aromatic heterocycles. The highest BCUT2D eigenvalue weighted by molar-refractivity contribution is 7.99. The maximum absolute atomic E-state index is 7.10. The van der Waals surface area contributed by atoms with Crippen LogP contribution in [0.15, 0.2) is 113 Å². The Morgan fingerprint density at radius 1 is 0.596 bits per heavy atom. The lowest BCUT2D eigenvalue weighted by molar-refractivity contribution is 0.470. The van der Waals surface area contributed by atoms with Gasteiger partial charge in [0.15, 0.2) is 5.75 Å². The minimum atomic E-state index is -0.170. The van der Waals surface area contributed by atoms with E-state index in [0.29, 0.717) is 0 Å². The fourth-order valence-corrected chi connectivity index (χ4v) is 11.2. The van der Waals surface area contributed by atoms with E-state index in [9.17, 15) is 0 Å². The highest BCUT2D eigenvalue weighted by Crippen LogP contribution is 2.59. The normalized spacial score (nSPS) is 15.8. The van der Waals surface area contributed by atoms with E-state index in [1.807, 2.05) is 11.8 Å². The molecule has 4 heterocycles. The number of anilines is 5. The van der Waals surface area contributed by atoms with Crippen LogP contribution in [0.3, 0.4) is 0 Å². The van der Waals surface area contributed by atoms with Crippen molar-refractivity contribution in [3.8, 4) is 22.6 Å². The Labute approximate surface area is 344 Å². The van der Waals surface area contributed by atoms with Crippen molar-refractivity contribution in [2.75, 3.05) is 9.71 Å². The number of aryl methyl sites for hydroxylation is 1. The first-order chi connectivity index (χ1) is 26.8. The van der Waals surface area contributed by atoms with Gasteiger partial charge < -0.3 is 14.4 Å². The monoisotopic (exact) mass is 764 g/mol. The standard InChI is InChI=1S/C52H53BN2OS/c1-30-25-35-36-27-33(51(8,9)10)29-43-46(36)55(40-24-19-32(50(5,6)7)28-42(40)56-43)53-39-23-22-38-48(57-44-16-14-13-15-37(44)52(38,11)12)47(39)54(41(26-30)45(35)53)34-20-17-31(18-21-34)49(2,3)4/h13-29H,1-12H3. The first-order valence-electron chi connectivity index (χ1n) is 20.6. The number of nitrogens with zero attached hydrogens (tertiary/aromatic N) is 2. The Morgan fingerprint density at radius 3 is 1.96 bits per heavy atom. The van der Waals surface area contributed by atoms with E-state index in [1.54, 1.807) is 0 Å². The zero-order valence-electron chi connectivity index (χ0n) is 35.6. The van der Waals surface area contributed by atoms with Gasteiger partial charge in [-0.25, -0.2) is 0 Å². The van der Waals surface area contributed by atoms with E-state index >= 15 is 0 Å². The molecule has 0 N–H and O–H groups in total. The molecule has 6 aromatic rings. The predicted molar refractivity (Wildman–Crippen MR) is 244 cm³/mol. The molecule has 3 nitrogen and oxygen atoms in total. The van der Waals surface area contributed by atoms with E-state index < -0.39 is 0 Å². The lowest BCUT2D eigenvalue weighted by Gasteiger charge is -2.49. The zero-order chi connectivity index (χ0) is 40.1. The van der Waals surface area contributed by atoms with Crippen LogP contribution < -0.4 is 25.4 Å². The molecule has 0 fully saturated rings. The molecule has 5 heteroatoms. The van der Waals surface area contributed by atoms with E-state index in [2.05, 4.69) is 196 Å². The van der Waals surface area contributed by atoms with Gasteiger partial charge in [-0.15, -0.1) is 0 Å². The summed E-state index contributed by atoms with van der Waals surface area (Å²) in [5, 5.41) is 0. The summed E-state index contributed by atoms with van der Waals surface area (Å²) in [4.78, 5) is 7.93. The van der Waals surface area contributed by atoms with Crippen molar-refractivity contribution in [2.45, 2.75) is 115 Å². The molecule has 0 saturated carbocycles. The molecule has 0 aliphatic carbocycles. The lowest BCUT2D eigenvalue weighted by Crippen LogP contribution is -2.62. The lowest BCUT2D eigenvalue weighted by atomic mass is 9.43. The molecule has 0 spiro atoms. The van der Waals surface area contributed by atoms with Crippen LogP contribution in [0.1, 0.15) is 110 Å². The number of benzene rings is 6. The largest absolute Gasteiger partial charge is 0.453 e. The molecule has 0 saturated heterocycles. The van der Waals surface area contributed by atoms with Crippen LogP contribution in [0.2, 0.25) is 0 Å². The zero-order valence-corrected chi connectivity index (χ0v) is 36.4. The summed E-state index contributed by atoms with van der Waals surface area (Å²) in [5.74, 6) is 1.86. The Balaban J connectivity index is 1.33. The van der Waals surface area contributed by atoms with Gasteiger partial charge in [0.2, 0.25) is 0 Å². The van der Waals surface area contributed by atoms with Gasteiger partial charge in [-0.1, -0.05) is 143 Å². The summed E-state index contributed by atoms with van der Waals surface area (Å²) in [6.45, 7) is 27.7. The molecule has 0 unspecified atom stereocenters. The molecule has 6 aromatic carbocycles. The van der Waals surface area contributed by atoms with Crippen LogP contribution >= 0.6 is 11.8 Å². The summed E-state index contributed by atoms with van der Waals surface area (Å²) in [7, 11) is 0. The Bertz CT molecular complexity index is 2690. The molecule has 0 bridgehead atoms. The van der Waals surface area contributed by atoms with E-state index in [-0.39, 0.29) is 28.5 Å². The Hall–Kier alpha value is -4.87. The summed E-state index contributed by atoms with van der Waals surface area (Å²) in [6, 6.07) is 39.9. The molecular formula is C52H53BN2OS. The molecule has 0 atom stereocenters. The van der Waals surface area contributed by atoms with Crippen molar-refractivity contribution in [1.82, 2.24) is 0 Å². The van der Waals surface area contributed by atoms with Crippen LogP contribution in [0, 0.1) is 6.92 Å². The van der Waals surface area contributed by atoms with Crippen LogP contribution in [-0.4, -0.2) is 6.85 Å². The van der Waals surface area contributed by atoms with Crippen molar-refractivity contribution >= 4 is 58.0 Å². The maximum atomic E-state index is 7.10. The molecule has 0 radical (unpaired) electrons. The third kappa shape index (κ3) is 5.33. The first kappa shape index (κ1) is 36.5. The number of hydrogen-bond acceptors (Lipinski definition) is 4. The van der Waals surface area contributed by atoms with Crippen molar-refractivity contribution in [2.24, 2.45) is 0 Å². The second-order valence-corrected chi connectivity index (χ2v) is 21.5. The molecule has 286 valence electrons. The summed E-state index contributed by atoms with van der Waals surface area (Å²) in [5.41, 5.74) is 18.9.